The lowest BCUT2D eigenvalue weighted by Crippen LogP contribution is -2.42. The summed E-state index contributed by atoms with van der Waals surface area (Å²) >= 11 is 2.26. The molecule has 1 aromatic carbocycles. The number of nitrogens with zero attached hydrogens (tertiary/aromatic N) is 1. The van der Waals surface area contributed by atoms with E-state index in [9.17, 15) is 4.79 Å². The molecule has 0 spiro atoms. The molecular weight excluding hydrogens is 375 g/mol. The molecule has 2 saturated heterocycles. The molecular formula is C14H18ClIN2O. The van der Waals surface area contributed by atoms with Gasteiger partial charge >= 0.3 is 0 Å². The first-order valence-electron chi connectivity index (χ1n) is 6.54. The second-order valence-electron chi connectivity index (χ2n) is 5.10. The molecule has 2 atom stereocenters. The predicted octanol–water partition coefficient (Wildman–Crippen LogP) is 2.68. The van der Waals surface area contributed by atoms with Gasteiger partial charge in [-0.25, -0.2) is 0 Å². The van der Waals surface area contributed by atoms with Crippen LogP contribution in [0.3, 0.4) is 0 Å². The number of halogens is 2. The van der Waals surface area contributed by atoms with Gasteiger partial charge in [-0.3, -0.25) is 4.79 Å². The average Bonchev–Trinajstić information content (AvgIpc) is 2.62. The van der Waals surface area contributed by atoms with Crippen molar-refractivity contribution in [3.63, 3.8) is 0 Å². The average molecular weight is 393 g/mol. The summed E-state index contributed by atoms with van der Waals surface area (Å²) in [6.07, 6.45) is 3.40. The number of nitrogens with one attached hydrogen (secondary N) is 1. The maximum absolute atomic E-state index is 12.7. The van der Waals surface area contributed by atoms with Gasteiger partial charge in [0.1, 0.15) is 0 Å². The lowest BCUT2D eigenvalue weighted by atomic mass is 10.1. The number of carbonyl (C=O) groups excluding carboxylic acids is 1. The van der Waals surface area contributed by atoms with Crippen molar-refractivity contribution in [3.8, 4) is 0 Å². The van der Waals surface area contributed by atoms with E-state index in [0.29, 0.717) is 12.1 Å². The first-order chi connectivity index (χ1) is 8.75. The third-order valence-corrected chi connectivity index (χ3v) is 4.63. The molecule has 5 heteroatoms. The normalized spacial score (nSPS) is 25.6. The van der Waals surface area contributed by atoms with Crippen molar-refractivity contribution >= 4 is 40.9 Å². The number of carbonyl (C=O) groups is 1. The van der Waals surface area contributed by atoms with Gasteiger partial charge in [-0.2, -0.15) is 0 Å². The van der Waals surface area contributed by atoms with Crippen LogP contribution in [-0.2, 0) is 0 Å². The van der Waals surface area contributed by atoms with Crippen molar-refractivity contribution in [3.05, 3.63) is 33.4 Å². The minimum Gasteiger partial charge on any atom is -0.331 e. The number of benzene rings is 1. The van der Waals surface area contributed by atoms with Crippen LogP contribution in [0.4, 0.5) is 0 Å². The Labute approximate surface area is 133 Å². The van der Waals surface area contributed by atoms with E-state index in [1.807, 2.05) is 24.3 Å². The van der Waals surface area contributed by atoms with Crippen molar-refractivity contribution in [1.29, 1.82) is 0 Å². The Morgan fingerprint density at radius 1 is 1.26 bits per heavy atom. The van der Waals surface area contributed by atoms with Crippen molar-refractivity contribution in [2.75, 3.05) is 13.1 Å². The molecule has 19 heavy (non-hydrogen) atoms. The van der Waals surface area contributed by atoms with E-state index in [2.05, 4.69) is 32.8 Å². The van der Waals surface area contributed by atoms with E-state index in [0.717, 1.165) is 35.1 Å². The van der Waals surface area contributed by atoms with Crippen LogP contribution >= 0.6 is 35.0 Å². The van der Waals surface area contributed by atoms with E-state index in [1.54, 1.807) is 0 Å². The smallest absolute Gasteiger partial charge is 0.254 e. The van der Waals surface area contributed by atoms with Gasteiger partial charge in [0.2, 0.25) is 0 Å². The minimum atomic E-state index is 0. The first kappa shape index (κ1) is 15.1. The summed E-state index contributed by atoms with van der Waals surface area (Å²) in [5, 5.41) is 3.43. The zero-order valence-corrected chi connectivity index (χ0v) is 13.6. The molecule has 0 aliphatic carbocycles. The number of rotatable bonds is 1. The highest BCUT2D eigenvalue weighted by Gasteiger charge is 2.38. The molecule has 2 fully saturated rings. The summed E-state index contributed by atoms with van der Waals surface area (Å²) in [6.45, 7) is 1.99. The fraction of sp³-hybridized carbons (Fsp3) is 0.500. The topological polar surface area (TPSA) is 32.3 Å². The second-order valence-corrected chi connectivity index (χ2v) is 6.35. The summed E-state index contributed by atoms with van der Waals surface area (Å²) in [5.41, 5.74) is 0.834. The van der Waals surface area contributed by atoms with Crippen LogP contribution in [-0.4, -0.2) is 36.0 Å². The lowest BCUT2D eigenvalue weighted by Gasteiger charge is -2.28. The summed E-state index contributed by atoms with van der Waals surface area (Å²) in [7, 11) is 0. The number of hydrogen-bond donors (Lipinski definition) is 1. The van der Waals surface area contributed by atoms with E-state index in [-0.39, 0.29) is 18.3 Å². The van der Waals surface area contributed by atoms with Crippen LogP contribution in [0.2, 0.25) is 0 Å². The van der Waals surface area contributed by atoms with Gasteiger partial charge in [0.25, 0.3) is 5.91 Å². The molecule has 1 N–H and O–H groups in total. The molecule has 2 aliphatic rings. The van der Waals surface area contributed by atoms with Gasteiger partial charge in [0.05, 0.1) is 0 Å². The molecule has 0 saturated carbocycles. The molecule has 3 nitrogen and oxygen atoms in total. The van der Waals surface area contributed by atoms with Crippen LogP contribution in [0.25, 0.3) is 0 Å². The number of amides is 1. The fourth-order valence-corrected chi connectivity index (χ4v) is 3.63. The Balaban J connectivity index is 0.00000133. The molecule has 0 radical (unpaired) electrons. The molecule has 2 heterocycles. The largest absolute Gasteiger partial charge is 0.331 e. The highest BCUT2D eigenvalue weighted by Crippen LogP contribution is 2.29. The van der Waals surface area contributed by atoms with Gasteiger partial charge < -0.3 is 10.2 Å². The quantitative estimate of drug-likeness (QED) is 0.745. The Kier molecular flexibility index (Phi) is 5.09. The Morgan fingerprint density at radius 3 is 2.84 bits per heavy atom. The van der Waals surface area contributed by atoms with Crippen LogP contribution in [0.5, 0.6) is 0 Å². The molecule has 1 amide bonds. The van der Waals surface area contributed by atoms with Gasteiger partial charge in [0.15, 0.2) is 0 Å². The first-order valence-corrected chi connectivity index (χ1v) is 7.62. The van der Waals surface area contributed by atoms with Crippen molar-refractivity contribution < 1.29 is 4.79 Å². The van der Waals surface area contributed by atoms with Gasteiger partial charge in [0, 0.05) is 27.8 Å². The second kappa shape index (κ2) is 6.41. The monoisotopic (exact) mass is 392 g/mol. The summed E-state index contributed by atoms with van der Waals surface area (Å²) in [5.74, 6) is 0.213. The highest BCUT2D eigenvalue weighted by molar-refractivity contribution is 14.1. The minimum absolute atomic E-state index is 0. The standard InChI is InChI=1S/C14H17IN2O.ClH/c15-11-3-1-2-10(8-11)14(18)17-12-4-5-13(17)9-16-7-6-12;/h1-3,8,12-13,16H,4-7,9H2;1H. The Morgan fingerprint density at radius 2 is 2.05 bits per heavy atom. The van der Waals surface area contributed by atoms with Crippen molar-refractivity contribution in [1.82, 2.24) is 10.2 Å². The summed E-state index contributed by atoms with van der Waals surface area (Å²) in [4.78, 5) is 14.8. The van der Waals surface area contributed by atoms with Gasteiger partial charge in [-0.15, -0.1) is 12.4 Å². The van der Waals surface area contributed by atoms with E-state index >= 15 is 0 Å². The molecule has 1 aromatic rings. The zero-order chi connectivity index (χ0) is 12.5. The van der Waals surface area contributed by atoms with Gasteiger partial charge in [-0.1, -0.05) is 6.07 Å². The van der Waals surface area contributed by atoms with Crippen LogP contribution in [0, 0.1) is 3.57 Å². The highest BCUT2D eigenvalue weighted by atomic mass is 127. The van der Waals surface area contributed by atoms with E-state index in [4.69, 9.17) is 0 Å². The third-order valence-electron chi connectivity index (χ3n) is 3.96. The SMILES string of the molecule is Cl.O=C(c1cccc(I)c1)N1C2CCNCC1CC2. The van der Waals surface area contributed by atoms with Crippen LogP contribution in [0.1, 0.15) is 29.6 Å². The van der Waals surface area contributed by atoms with Crippen LogP contribution < -0.4 is 5.32 Å². The summed E-state index contributed by atoms with van der Waals surface area (Å²) < 4.78 is 1.12. The Bertz CT molecular complexity index is 455. The predicted molar refractivity (Wildman–Crippen MR) is 86.9 cm³/mol. The molecule has 2 bridgehead atoms. The molecule has 104 valence electrons. The fourth-order valence-electron chi connectivity index (χ4n) is 3.08. The molecule has 2 unspecified atom stereocenters. The molecule has 0 aromatic heterocycles. The molecule has 3 rings (SSSR count). The summed E-state index contributed by atoms with van der Waals surface area (Å²) in [6, 6.07) is 8.74. The van der Waals surface area contributed by atoms with E-state index < -0.39 is 0 Å². The maximum atomic E-state index is 12.7. The third kappa shape index (κ3) is 3.06. The number of fused-ring (bicyclic) bond motifs is 2. The number of hydrogen-bond acceptors (Lipinski definition) is 2. The zero-order valence-electron chi connectivity index (χ0n) is 10.6. The maximum Gasteiger partial charge on any atom is 0.254 e. The Hall–Kier alpha value is -0.330. The van der Waals surface area contributed by atoms with Crippen molar-refractivity contribution in [2.45, 2.75) is 31.3 Å². The van der Waals surface area contributed by atoms with Crippen molar-refractivity contribution in [2.24, 2.45) is 0 Å². The van der Waals surface area contributed by atoms with E-state index in [1.165, 1.54) is 6.42 Å². The van der Waals surface area contributed by atoms with Gasteiger partial charge in [-0.05, 0) is 66.6 Å². The molecule has 2 aliphatic heterocycles. The van der Waals surface area contributed by atoms with Crippen LogP contribution in [0.15, 0.2) is 24.3 Å². The lowest BCUT2D eigenvalue weighted by molar-refractivity contribution is 0.0680.